The fourth-order valence-corrected chi connectivity index (χ4v) is 20.5. The third-order valence-electron chi connectivity index (χ3n) is 11.8. The number of quaternary nitrogens is 1. The minimum absolute atomic E-state index is 0. The number of benzene rings is 2. The monoisotopic (exact) mass is 978 g/mol. The molecule has 3 atom stereocenters. The topological polar surface area (TPSA) is 71.0 Å². The van der Waals surface area contributed by atoms with Gasteiger partial charge in [-0.15, -0.1) is 42.9 Å². The molecule has 57 heavy (non-hydrogen) atoms. The SMILES string of the molecule is C1CCCC1.CS(=O)(=O)O.C[C@@H](C1CCCC1P(C1CCCCC1)C1CCCCC1)P(C(C)(C)C)C(C)(C)C.[CH2-][NH2+]c1ccccc1-c1[c-]cccc1.[CH3-].[CH3-].[Fe+2].[Pd]. The fraction of sp³-hybridized carbons (Fsp3) is 0.688. The van der Waals surface area contributed by atoms with Crippen LogP contribution >= 0.6 is 15.8 Å². The van der Waals surface area contributed by atoms with Gasteiger partial charge in [0.05, 0.1) is 11.9 Å². The van der Waals surface area contributed by atoms with Crippen LogP contribution in [0.3, 0.4) is 0 Å². The van der Waals surface area contributed by atoms with Gasteiger partial charge in [0.1, 0.15) is 0 Å². The van der Waals surface area contributed by atoms with Gasteiger partial charge in [-0.25, -0.2) is 0 Å². The maximum atomic E-state index is 9.19. The van der Waals surface area contributed by atoms with E-state index in [0.717, 1.165) is 39.8 Å². The third-order valence-corrected chi connectivity index (χ3v) is 20.0. The Hall–Kier alpha value is 0.352. The van der Waals surface area contributed by atoms with Crippen molar-refractivity contribution in [2.45, 2.75) is 197 Å². The van der Waals surface area contributed by atoms with Crippen LogP contribution < -0.4 is 5.32 Å². The van der Waals surface area contributed by atoms with Crippen molar-refractivity contribution in [1.29, 1.82) is 0 Å². The van der Waals surface area contributed by atoms with Crippen molar-refractivity contribution in [2.24, 2.45) is 5.92 Å². The van der Waals surface area contributed by atoms with Crippen LogP contribution in [0.5, 0.6) is 0 Å². The molecule has 2 aromatic rings. The van der Waals surface area contributed by atoms with Gasteiger partial charge < -0.3 is 20.2 Å². The van der Waals surface area contributed by atoms with E-state index < -0.39 is 10.1 Å². The molecule has 3 N–H and O–H groups in total. The molecule has 0 aromatic heterocycles. The van der Waals surface area contributed by atoms with E-state index in [1.54, 1.807) is 64.2 Å². The Labute approximate surface area is 381 Å². The number of rotatable bonds is 7. The Morgan fingerprint density at radius 3 is 1.54 bits per heavy atom. The molecular formula is C48H84FeNO3P2PdS-. The first-order valence-electron chi connectivity index (χ1n) is 21.2. The van der Waals surface area contributed by atoms with Crippen molar-refractivity contribution in [1.82, 2.24) is 0 Å². The van der Waals surface area contributed by atoms with E-state index in [9.17, 15) is 8.42 Å². The van der Waals surface area contributed by atoms with Crippen molar-refractivity contribution in [3.05, 3.63) is 76.5 Å². The summed E-state index contributed by atoms with van der Waals surface area (Å²) in [5.41, 5.74) is 7.77. The Morgan fingerprint density at radius 2 is 1.14 bits per heavy atom. The number of nitrogens with two attached hydrogens (primary N) is 1. The zero-order valence-corrected chi connectivity index (χ0v) is 43.0. The van der Waals surface area contributed by atoms with Crippen LogP contribution in [0.2, 0.25) is 0 Å². The first-order valence-corrected chi connectivity index (χ1v) is 26.0. The van der Waals surface area contributed by atoms with Crippen molar-refractivity contribution >= 4 is 31.6 Å². The molecule has 4 nitrogen and oxygen atoms in total. The summed E-state index contributed by atoms with van der Waals surface area (Å²) in [4.78, 5) is 0. The number of para-hydroxylation sites is 1. The molecule has 334 valence electrons. The fourth-order valence-electron chi connectivity index (χ4n) is 10.3. The van der Waals surface area contributed by atoms with E-state index in [1.165, 1.54) is 56.9 Å². The van der Waals surface area contributed by atoms with Gasteiger partial charge in [-0.3, -0.25) is 4.55 Å². The molecular weight excluding hydrogens is 895 g/mol. The number of hydrogen-bond acceptors (Lipinski definition) is 2. The van der Waals surface area contributed by atoms with Gasteiger partial charge in [0.2, 0.25) is 0 Å². The molecule has 4 aliphatic carbocycles. The van der Waals surface area contributed by atoms with Crippen molar-refractivity contribution < 1.29 is 55.8 Å². The third kappa shape index (κ3) is 21.3. The molecule has 6 rings (SSSR count). The molecule has 4 fully saturated rings. The van der Waals surface area contributed by atoms with Gasteiger partial charge in [-0.05, 0) is 89.0 Å². The normalized spacial score (nSPS) is 20.7. The Kier molecular flexibility index (Phi) is 30.9. The average Bonchev–Trinajstić information content (AvgIpc) is 3.85. The smallest absolute Gasteiger partial charge is 0.453 e. The van der Waals surface area contributed by atoms with E-state index in [1.807, 2.05) is 35.6 Å². The summed E-state index contributed by atoms with van der Waals surface area (Å²) in [5, 5.41) is 2.81. The predicted molar refractivity (Wildman–Crippen MR) is 249 cm³/mol. The van der Waals surface area contributed by atoms with Crippen LogP contribution in [-0.4, -0.2) is 52.2 Å². The first-order chi connectivity index (χ1) is 25.0. The Morgan fingerprint density at radius 1 is 0.719 bits per heavy atom. The van der Waals surface area contributed by atoms with Crippen molar-refractivity contribution in [3.8, 4) is 11.1 Å². The summed E-state index contributed by atoms with van der Waals surface area (Å²) in [6, 6.07) is 19.4. The quantitative estimate of drug-likeness (QED) is 0.0955. The summed E-state index contributed by atoms with van der Waals surface area (Å²) in [6.07, 6.45) is 28.5. The molecule has 0 amide bonds. The maximum absolute atomic E-state index is 9.19. The molecule has 2 aromatic carbocycles. The summed E-state index contributed by atoms with van der Waals surface area (Å²) in [5.74, 6) is 1.04. The maximum Gasteiger partial charge on any atom is 2.00 e. The van der Waals surface area contributed by atoms with E-state index in [-0.39, 0.29) is 68.2 Å². The molecule has 0 heterocycles. The summed E-state index contributed by atoms with van der Waals surface area (Å²) in [6.45, 7) is 18.0. The van der Waals surface area contributed by atoms with Gasteiger partial charge >= 0.3 is 17.1 Å². The first kappa shape index (κ1) is 59.4. The molecule has 0 bridgehead atoms. The van der Waals surface area contributed by atoms with Crippen molar-refractivity contribution in [2.75, 3.05) is 6.26 Å². The molecule has 2 unspecified atom stereocenters. The molecule has 0 saturated heterocycles. The average molecular weight is 979 g/mol. The van der Waals surface area contributed by atoms with E-state index in [4.69, 9.17) is 4.55 Å². The molecule has 0 spiro atoms. The predicted octanol–water partition coefficient (Wildman–Crippen LogP) is 14.3. The number of hydrogen-bond donors (Lipinski definition) is 2. The molecule has 0 radical (unpaired) electrons. The Bertz CT molecular complexity index is 1360. The zero-order valence-electron chi connectivity index (χ0n) is 37.8. The van der Waals surface area contributed by atoms with Crippen molar-refractivity contribution in [3.63, 3.8) is 0 Å². The second-order valence-electron chi connectivity index (χ2n) is 18.2. The standard InChI is InChI=1S/C27H52P2.C13H12N.C5H10.CH4O3S.2CH3.Fe.Pd/c1-21(29(26(2,3)4)27(5,6)7)24-19-14-20-25(24)28(22-15-10-8-11-16-22)23-17-12-9-13-18-23;1-14-13-10-6-5-9-12(13)11-7-3-2-4-8-11;1-2-4-5-3-1;1-5(2,3)4;;;;/h21-25H,8-20H2,1-7H3;2-7,9-10H,1,14H2;1-5H2;1H3,(H,2,3,4);2*1H3;;/q;-1;;;2*-1;+2;/t21-,24?,25?;;;;;;;/m0......./s1. The molecule has 9 heteroatoms. The van der Waals surface area contributed by atoms with Gasteiger partial charge in [-0.1, -0.05) is 160 Å². The van der Waals surface area contributed by atoms with Crippen LogP contribution in [0.4, 0.5) is 5.69 Å². The Balaban J connectivity index is 0. The molecule has 4 aliphatic rings. The molecule has 0 aliphatic heterocycles. The second kappa shape index (κ2) is 29.6. The van der Waals surface area contributed by atoms with Crippen LogP contribution in [0, 0.1) is 33.9 Å². The summed E-state index contributed by atoms with van der Waals surface area (Å²) < 4.78 is 25.9. The second-order valence-corrected chi connectivity index (χ2v) is 26.9. The van der Waals surface area contributed by atoms with Gasteiger partial charge in [0, 0.05) is 20.4 Å². The molecule has 4 saturated carbocycles. The summed E-state index contributed by atoms with van der Waals surface area (Å²) >= 11 is 0. The summed E-state index contributed by atoms with van der Waals surface area (Å²) in [7, 11) is 0.390. The van der Waals surface area contributed by atoms with E-state index in [2.05, 4.69) is 79.8 Å². The van der Waals surface area contributed by atoms with E-state index in [0.29, 0.717) is 16.6 Å². The van der Waals surface area contributed by atoms with Crippen LogP contribution in [0.25, 0.3) is 11.1 Å². The minimum atomic E-state index is -3.67. The van der Waals surface area contributed by atoms with Crippen LogP contribution in [0.15, 0.2) is 48.5 Å². The van der Waals surface area contributed by atoms with Gasteiger partial charge in [0.25, 0.3) is 10.1 Å². The van der Waals surface area contributed by atoms with Gasteiger partial charge in [-0.2, -0.15) is 8.42 Å². The van der Waals surface area contributed by atoms with Crippen LogP contribution in [-0.2, 0) is 47.6 Å². The minimum Gasteiger partial charge on any atom is -0.453 e. The van der Waals surface area contributed by atoms with Gasteiger partial charge in [0.15, 0.2) is 0 Å². The van der Waals surface area contributed by atoms with Crippen LogP contribution in [0.1, 0.15) is 164 Å². The van der Waals surface area contributed by atoms with E-state index >= 15 is 0 Å². The zero-order chi connectivity index (χ0) is 39.1. The largest absolute Gasteiger partial charge is 2.00 e.